The van der Waals surface area contributed by atoms with Crippen LogP contribution >= 0.6 is 0 Å². The molecule has 0 saturated heterocycles. The Morgan fingerprint density at radius 3 is 2.24 bits per heavy atom. The highest BCUT2D eigenvalue weighted by atomic mass is 32.2. The van der Waals surface area contributed by atoms with Gasteiger partial charge in [0.25, 0.3) is 0 Å². The summed E-state index contributed by atoms with van der Waals surface area (Å²) in [7, 11) is -3.40. The Morgan fingerprint density at radius 2 is 1.82 bits per heavy atom. The maximum Gasteiger partial charge on any atom is 0.161 e. The molecule has 6 heteroatoms. The lowest BCUT2D eigenvalue weighted by atomic mass is 10.1. The van der Waals surface area contributed by atoms with Gasteiger partial charge in [0.05, 0.1) is 5.75 Å². The van der Waals surface area contributed by atoms with Crippen molar-refractivity contribution in [2.24, 2.45) is 5.73 Å². The molecule has 0 aliphatic rings. The number of carbonyl (C=O) groups is 1. The maximum absolute atomic E-state index is 11.5. The van der Waals surface area contributed by atoms with E-state index in [9.17, 15) is 13.2 Å². The van der Waals surface area contributed by atoms with E-state index >= 15 is 0 Å². The van der Waals surface area contributed by atoms with Crippen LogP contribution in [0.3, 0.4) is 0 Å². The van der Waals surface area contributed by atoms with Gasteiger partial charge >= 0.3 is 0 Å². The van der Waals surface area contributed by atoms with Crippen LogP contribution in [0.4, 0.5) is 0 Å². The second kappa shape index (κ2) is 5.09. The second-order valence-electron chi connectivity index (χ2n) is 3.84. The van der Waals surface area contributed by atoms with Crippen molar-refractivity contribution in [3.05, 3.63) is 35.4 Å². The largest absolute Gasteiger partial charge is 0.384 e. The van der Waals surface area contributed by atoms with E-state index in [1.54, 1.807) is 24.3 Å². The summed E-state index contributed by atoms with van der Waals surface area (Å²) in [5.41, 5.74) is 6.40. The standard InChI is InChI=1S/C11H14N2O3S/c1-8(14)6-17(15,16)7-9-2-4-10(5-3-9)11(12)13/h2-5H,6-7H2,1H3,(H3,12,13). The van der Waals surface area contributed by atoms with Gasteiger partial charge in [-0.25, -0.2) is 8.42 Å². The molecule has 17 heavy (non-hydrogen) atoms. The number of ketones is 1. The highest BCUT2D eigenvalue weighted by Crippen LogP contribution is 2.09. The average Bonchev–Trinajstić information content (AvgIpc) is 2.15. The zero-order valence-electron chi connectivity index (χ0n) is 9.43. The quantitative estimate of drug-likeness (QED) is 0.589. The van der Waals surface area contributed by atoms with Gasteiger partial charge < -0.3 is 5.73 Å². The summed E-state index contributed by atoms with van der Waals surface area (Å²) in [5.74, 6) is -1.06. The molecule has 0 atom stereocenters. The summed E-state index contributed by atoms with van der Waals surface area (Å²) in [6.07, 6.45) is 0. The lowest BCUT2D eigenvalue weighted by Gasteiger charge is -2.03. The van der Waals surface area contributed by atoms with Crippen LogP contribution in [0.25, 0.3) is 0 Å². The molecule has 0 bridgehead atoms. The average molecular weight is 254 g/mol. The second-order valence-corrected chi connectivity index (χ2v) is 5.91. The summed E-state index contributed by atoms with van der Waals surface area (Å²) >= 11 is 0. The van der Waals surface area contributed by atoms with Gasteiger partial charge in [-0.3, -0.25) is 10.2 Å². The molecule has 0 unspecified atom stereocenters. The van der Waals surface area contributed by atoms with Crippen molar-refractivity contribution in [1.29, 1.82) is 5.41 Å². The van der Waals surface area contributed by atoms with E-state index in [-0.39, 0.29) is 17.4 Å². The van der Waals surface area contributed by atoms with Gasteiger partial charge in [0.15, 0.2) is 9.84 Å². The van der Waals surface area contributed by atoms with Gasteiger partial charge in [-0.05, 0) is 12.5 Å². The van der Waals surface area contributed by atoms with Crippen LogP contribution in [0.1, 0.15) is 18.1 Å². The fourth-order valence-corrected chi connectivity index (χ4v) is 2.82. The van der Waals surface area contributed by atoms with Crippen molar-refractivity contribution in [2.75, 3.05) is 5.75 Å². The summed E-state index contributed by atoms with van der Waals surface area (Å²) < 4.78 is 23.1. The first kappa shape index (κ1) is 13.4. The fraction of sp³-hybridized carbons (Fsp3) is 0.273. The molecule has 0 aliphatic carbocycles. The first-order valence-electron chi connectivity index (χ1n) is 4.93. The molecule has 1 aromatic rings. The molecule has 0 aromatic heterocycles. The van der Waals surface area contributed by atoms with E-state index in [0.29, 0.717) is 11.1 Å². The van der Waals surface area contributed by atoms with E-state index in [0.717, 1.165) is 0 Å². The molecule has 1 aromatic carbocycles. The fourth-order valence-electron chi connectivity index (χ4n) is 1.40. The molecule has 0 radical (unpaired) electrons. The minimum atomic E-state index is -3.40. The zero-order valence-corrected chi connectivity index (χ0v) is 10.3. The van der Waals surface area contributed by atoms with Gasteiger partial charge in [-0.2, -0.15) is 0 Å². The van der Waals surface area contributed by atoms with E-state index in [4.69, 9.17) is 11.1 Å². The van der Waals surface area contributed by atoms with Gasteiger partial charge in [0.1, 0.15) is 17.4 Å². The van der Waals surface area contributed by atoms with Crippen molar-refractivity contribution in [2.45, 2.75) is 12.7 Å². The molecule has 0 amide bonds. The first-order chi connectivity index (χ1) is 7.80. The minimum Gasteiger partial charge on any atom is -0.384 e. The van der Waals surface area contributed by atoms with Crippen LogP contribution in [0.2, 0.25) is 0 Å². The van der Waals surface area contributed by atoms with Gasteiger partial charge in [0, 0.05) is 5.56 Å². The number of benzene rings is 1. The minimum absolute atomic E-state index is 0.0665. The topological polar surface area (TPSA) is 101 Å². The normalized spacial score (nSPS) is 11.1. The summed E-state index contributed by atoms with van der Waals surface area (Å²) in [6.45, 7) is 1.25. The number of amidine groups is 1. The molecule has 5 nitrogen and oxygen atoms in total. The van der Waals surface area contributed by atoms with E-state index < -0.39 is 15.6 Å². The highest BCUT2D eigenvalue weighted by Gasteiger charge is 2.14. The third-order valence-corrected chi connectivity index (χ3v) is 3.69. The van der Waals surface area contributed by atoms with Crippen LogP contribution in [0.5, 0.6) is 0 Å². The third kappa shape index (κ3) is 4.36. The Balaban J connectivity index is 2.82. The van der Waals surface area contributed by atoms with Crippen LogP contribution in [0.15, 0.2) is 24.3 Å². The van der Waals surface area contributed by atoms with E-state index in [2.05, 4.69) is 0 Å². The number of hydrogen-bond donors (Lipinski definition) is 2. The van der Waals surface area contributed by atoms with Crippen LogP contribution in [-0.2, 0) is 20.4 Å². The Bertz CT molecular complexity index is 532. The monoisotopic (exact) mass is 254 g/mol. The lowest BCUT2D eigenvalue weighted by Crippen LogP contribution is -2.15. The van der Waals surface area contributed by atoms with Gasteiger partial charge in [0.2, 0.25) is 0 Å². The Morgan fingerprint density at radius 1 is 1.29 bits per heavy atom. The Kier molecular flexibility index (Phi) is 4.01. The number of nitrogens with two attached hydrogens (primary N) is 1. The predicted molar refractivity (Wildman–Crippen MR) is 65.6 cm³/mol. The molecule has 0 aliphatic heterocycles. The molecule has 3 N–H and O–H groups in total. The maximum atomic E-state index is 11.5. The number of hydrogen-bond acceptors (Lipinski definition) is 4. The summed E-state index contributed by atoms with van der Waals surface area (Å²) in [6, 6.07) is 6.35. The third-order valence-electron chi connectivity index (χ3n) is 2.07. The molecular formula is C11H14N2O3S. The van der Waals surface area contributed by atoms with Crippen LogP contribution < -0.4 is 5.73 Å². The summed E-state index contributed by atoms with van der Waals surface area (Å²) in [5, 5.41) is 7.19. The van der Waals surface area contributed by atoms with E-state index in [1.165, 1.54) is 6.92 Å². The smallest absolute Gasteiger partial charge is 0.161 e. The number of nitrogens with one attached hydrogen (secondary N) is 1. The first-order valence-corrected chi connectivity index (χ1v) is 6.75. The van der Waals surface area contributed by atoms with Crippen LogP contribution in [0, 0.1) is 5.41 Å². The number of nitrogen functional groups attached to an aromatic ring is 1. The van der Waals surface area contributed by atoms with Gasteiger partial charge in [-0.15, -0.1) is 0 Å². The number of carbonyl (C=O) groups excluding carboxylic acids is 1. The number of Topliss-reactive ketones (excluding diaryl/α,β-unsaturated/α-hetero) is 1. The number of rotatable bonds is 5. The van der Waals surface area contributed by atoms with Gasteiger partial charge in [-0.1, -0.05) is 24.3 Å². The number of sulfone groups is 1. The van der Waals surface area contributed by atoms with Crippen molar-refractivity contribution in [1.82, 2.24) is 0 Å². The molecule has 0 heterocycles. The van der Waals surface area contributed by atoms with Crippen molar-refractivity contribution < 1.29 is 13.2 Å². The van der Waals surface area contributed by atoms with Crippen molar-refractivity contribution in [3.8, 4) is 0 Å². The predicted octanol–water partition coefficient (Wildman–Crippen LogP) is 0.474. The lowest BCUT2D eigenvalue weighted by molar-refractivity contribution is -0.114. The zero-order chi connectivity index (χ0) is 13.1. The SMILES string of the molecule is CC(=O)CS(=O)(=O)Cc1ccc(C(=N)N)cc1. The Hall–Kier alpha value is -1.69. The van der Waals surface area contributed by atoms with E-state index in [1.807, 2.05) is 0 Å². The highest BCUT2D eigenvalue weighted by molar-refractivity contribution is 7.91. The molecular weight excluding hydrogens is 240 g/mol. The van der Waals surface area contributed by atoms with Crippen molar-refractivity contribution in [3.63, 3.8) is 0 Å². The molecule has 0 saturated carbocycles. The van der Waals surface area contributed by atoms with Crippen LogP contribution in [-0.4, -0.2) is 25.8 Å². The summed E-state index contributed by atoms with van der Waals surface area (Å²) in [4.78, 5) is 10.8. The molecule has 92 valence electrons. The van der Waals surface area contributed by atoms with Crippen molar-refractivity contribution >= 4 is 21.5 Å². The molecule has 0 spiro atoms. The molecule has 0 fully saturated rings. The molecule has 1 rings (SSSR count). The Labute approximate surface area is 100 Å².